The van der Waals surface area contributed by atoms with Crippen molar-refractivity contribution in [2.24, 2.45) is 7.05 Å². The molecule has 0 atom stereocenters. The van der Waals surface area contributed by atoms with Gasteiger partial charge in [-0.3, -0.25) is 9.48 Å². The van der Waals surface area contributed by atoms with Gasteiger partial charge in [0.25, 0.3) is 5.91 Å². The SMILES string of the molecule is Cc1nc(Cl)c(Cl)cc1C(=O)NCc1cnn(C)c1C. The van der Waals surface area contributed by atoms with E-state index in [0.717, 1.165) is 11.3 Å². The molecule has 0 radical (unpaired) electrons. The zero-order valence-corrected chi connectivity index (χ0v) is 12.9. The van der Waals surface area contributed by atoms with Crippen LogP contribution in [0.3, 0.4) is 0 Å². The number of aryl methyl sites for hydroxylation is 2. The third-order valence-electron chi connectivity index (χ3n) is 3.14. The third-order valence-corrected chi connectivity index (χ3v) is 3.82. The van der Waals surface area contributed by atoms with Crippen LogP contribution in [0, 0.1) is 13.8 Å². The zero-order chi connectivity index (χ0) is 14.9. The van der Waals surface area contributed by atoms with E-state index in [-0.39, 0.29) is 16.1 Å². The van der Waals surface area contributed by atoms with Crippen molar-refractivity contribution in [2.75, 3.05) is 0 Å². The fourth-order valence-corrected chi connectivity index (χ4v) is 2.10. The molecule has 2 aromatic heterocycles. The lowest BCUT2D eigenvalue weighted by molar-refractivity contribution is 0.0950. The number of hydrogen-bond acceptors (Lipinski definition) is 3. The number of carbonyl (C=O) groups excluding carboxylic acids is 1. The third kappa shape index (κ3) is 2.94. The topological polar surface area (TPSA) is 59.8 Å². The summed E-state index contributed by atoms with van der Waals surface area (Å²) in [7, 11) is 1.85. The highest BCUT2D eigenvalue weighted by molar-refractivity contribution is 6.41. The summed E-state index contributed by atoms with van der Waals surface area (Å²) < 4.78 is 1.76. The Kier molecular flexibility index (Phi) is 4.30. The average Bonchev–Trinajstić information content (AvgIpc) is 2.71. The molecule has 106 valence electrons. The molecule has 5 nitrogen and oxygen atoms in total. The van der Waals surface area contributed by atoms with Gasteiger partial charge in [-0.25, -0.2) is 4.98 Å². The molecule has 20 heavy (non-hydrogen) atoms. The van der Waals surface area contributed by atoms with Gasteiger partial charge in [0, 0.05) is 24.8 Å². The zero-order valence-electron chi connectivity index (χ0n) is 11.4. The quantitative estimate of drug-likeness (QED) is 0.886. The van der Waals surface area contributed by atoms with Gasteiger partial charge in [-0.1, -0.05) is 23.2 Å². The number of pyridine rings is 1. The summed E-state index contributed by atoms with van der Waals surface area (Å²) in [6.45, 7) is 4.06. The number of nitrogens with zero attached hydrogens (tertiary/aromatic N) is 3. The summed E-state index contributed by atoms with van der Waals surface area (Å²) in [6, 6.07) is 1.53. The number of hydrogen-bond donors (Lipinski definition) is 1. The van der Waals surface area contributed by atoms with Gasteiger partial charge >= 0.3 is 0 Å². The predicted molar refractivity (Wildman–Crippen MR) is 78.1 cm³/mol. The van der Waals surface area contributed by atoms with Crippen LogP contribution in [0.5, 0.6) is 0 Å². The van der Waals surface area contributed by atoms with E-state index >= 15 is 0 Å². The highest BCUT2D eigenvalue weighted by atomic mass is 35.5. The first-order valence-corrected chi connectivity index (χ1v) is 6.74. The van der Waals surface area contributed by atoms with Gasteiger partial charge in [0.05, 0.1) is 22.5 Å². The maximum absolute atomic E-state index is 12.1. The number of rotatable bonds is 3. The van der Waals surface area contributed by atoms with Crippen LogP contribution >= 0.6 is 23.2 Å². The monoisotopic (exact) mass is 312 g/mol. The molecule has 0 aromatic carbocycles. The molecule has 0 unspecified atom stereocenters. The Morgan fingerprint density at radius 3 is 2.70 bits per heavy atom. The maximum Gasteiger partial charge on any atom is 0.253 e. The summed E-state index contributed by atoms with van der Waals surface area (Å²) in [5.74, 6) is -0.239. The van der Waals surface area contributed by atoms with Gasteiger partial charge in [0.1, 0.15) is 5.15 Å². The Hall–Kier alpha value is -1.59. The van der Waals surface area contributed by atoms with E-state index in [4.69, 9.17) is 23.2 Å². The highest BCUT2D eigenvalue weighted by Gasteiger charge is 2.14. The van der Waals surface area contributed by atoms with Crippen molar-refractivity contribution in [3.8, 4) is 0 Å². The minimum atomic E-state index is -0.239. The first-order valence-electron chi connectivity index (χ1n) is 5.98. The second kappa shape index (κ2) is 5.81. The van der Waals surface area contributed by atoms with Crippen LogP contribution in [-0.4, -0.2) is 20.7 Å². The smallest absolute Gasteiger partial charge is 0.253 e. The molecule has 0 saturated carbocycles. The fraction of sp³-hybridized carbons (Fsp3) is 0.308. The van der Waals surface area contributed by atoms with Crippen molar-refractivity contribution in [1.82, 2.24) is 20.1 Å². The summed E-state index contributed by atoms with van der Waals surface area (Å²) in [4.78, 5) is 16.2. The van der Waals surface area contributed by atoms with Crippen LogP contribution in [0.4, 0.5) is 0 Å². The summed E-state index contributed by atoms with van der Waals surface area (Å²) >= 11 is 11.7. The molecule has 2 heterocycles. The van der Waals surface area contributed by atoms with Gasteiger partial charge < -0.3 is 5.32 Å². The van der Waals surface area contributed by atoms with Crippen molar-refractivity contribution >= 4 is 29.1 Å². The molecule has 0 bridgehead atoms. The van der Waals surface area contributed by atoms with Gasteiger partial charge in [0.2, 0.25) is 0 Å². The van der Waals surface area contributed by atoms with Crippen molar-refractivity contribution in [1.29, 1.82) is 0 Å². The molecule has 1 N–H and O–H groups in total. The lowest BCUT2D eigenvalue weighted by Gasteiger charge is -2.08. The Morgan fingerprint density at radius 1 is 1.40 bits per heavy atom. The molecule has 0 fully saturated rings. The van der Waals surface area contributed by atoms with Crippen LogP contribution in [0.25, 0.3) is 0 Å². The molecule has 0 spiro atoms. The fourth-order valence-electron chi connectivity index (χ4n) is 1.77. The van der Waals surface area contributed by atoms with E-state index in [2.05, 4.69) is 15.4 Å². The normalized spacial score (nSPS) is 10.7. The van der Waals surface area contributed by atoms with Gasteiger partial charge in [0.15, 0.2) is 0 Å². The van der Waals surface area contributed by atoms with Crippen molar-refractivity contribution < 1.29 is 4.79 Å². The van der Waals surface area contributed by atoms with Crippen LogP contribution < -0.4 is 5.32 Å². The van der Waals surface area contributed by atoms with Crippen LogP contribution in [-0.2, 0) is 13.6 Å². The van der Waals surface area contributed by atoms with Gasteiger partial charge in [-0.2, -0.15) is 5.10 Å². The van der Waals surface area contributed by atoms with E-state index in [1.54, 1.807) is 17.8 Å². The Bertz CT molecular complexity index is 667. The first kappa shape index (κ1) is 14.8. The molecule has 7 heteroatoms. The van der Waals surface area contributed by atoms with Crippen molar-refractivity contribution in [2.45, 2.75) is 20.4 Å². The van der Waals surface area contributed by atoms with E-state index < -0.39 is 0 Å². The molecule has 2 rings (SSSR count). The standard InChI is InChI=1S/C13H14Cl2N4O/c1-7-10(4-11(14)12(15)18-7)13(20)16-5-9-6-17-19(3)8(9)2/h4,6H,5H2,1-3H3,(H,16,20). The average molecular weight is 313 g/mol. The Labute approximate surface area is 126 Å². The molecule has 0 aliphatic carbocycles. The molecule has 0 aliphatic rings. The highest BCUT2D eigenvalue weighted by Crippen LogP contribution is 2.22. The molecule has 2 aromatic rings. The maximum atomic E-state index is 12.1. The van der Waals surface area contributed by atoms with E-state index in [1.807, 2.05) is 14.0 Å². The Morgan fingerprint density at radius 2 is 2.10 bits per heavy atom. The molecular formula is C13H14Cl2N4O. The number of aromatic nitrogens is 3. The first-order chi connectivity index (χ1) is 9.40. The number of carbonyl (C=O) groups is 1. The minimum Gasteiger partial charge on any atom is -0.348 e. The summed E-state index contributed by atoms with van der Waals surface area (Å²) in [5, 5.41) is 7.41. The van der Waals surface area contributed by atoms with Crippen molar-refractivity contribution in [3.05, 3.63) is 45.0 Å². The number of nitrogens with one attached hydrogen (secondary N) is 1. The van der Waals surface area contributed by atoms with Crippen LogP contribution in [0.1, 0.15) is 27.3 Å². The predicted octanol–water partition coefficient (Wildman–Crippen LogP) is 2.67. The van der Waals surface area contributed by atoms with E-state index in [9.17, 15) is 4.79 Å². The number of amides is 1. The molecule has 1 amide bonds. The van der Waals surface area contributed by atoms with Crippen molar-refractivity contribution in [3.63, 3.8) is 0 Å². The molecule has 0 saturated heterocycles. The van der Waals surface area contributed by atoms with E-state index in [1.165, 1.54) is 6.07 Å². The molecule has 0 aliphatic heterocycles. The second-order valence-corrected chi connectivity index (χ2v) is 5.22. The van der Waals surface area contributed by atoms with Gasteiger partial charge in [-0.05, 0) is 19.9 Å². The number of halogens is 2. The van der Waals surface area contributed by atoms with Gasteiger partial charge in [-0.15, -0.1) is 0 Å². The van der Waals surface area contributed by atoms with Crippen LogP contribution in [0.2, 0.25) is 10.2 Å². The lowest BCUT2D eigenvalue weighted by atomic mass is 10.2. The largest absolute Gasteiger partial charge is 0.348 e. The second-order valence-electron chi connectivity index (χ2n) is 4.46. The van der Waals surface area contributed by atoms with E-state index in [0.29, 0.717) is 17.8 Å². The van der Waals surface area contributed by atoms with Crippen LogP contribution in [0.15, 0.2) is 12.3 Å². The summed E-state index contributed by atoms with van der Waals surface area (Å²) in [5.41, 5.74) is 2.93. The molecular weight excluding hydrogens is 299 g/mol. The minimum absolute atomic E-state index is 0.198. The summed E-state index contributed by atoms with van der Waals surface area (Å²) in [6.07, 6.45) is 1.73. The Balaban J connectivity index is 2.13. The lowest BCUT2D eigenvalue weighted by Crippen LogP contribution is -2.24.